The van der Waals surface area contributed by atoms with Gasteiger partial charge in [0, 0.05) is 12.2 Å². The zero-order valence-electron chi connectivity index (χ0n) is 27.8. The largest absolute Gasteiger partial charge is 0.463 e. The molecule has 266 valence electrons. The van der Waals surface area contributed by atoms with Gasteiger partial charge in [-0.15, -0.1) is 11.8 Å². The minimum atomic E-state index is -1.23. The molecule has 0 radical (unpaired) electrons. The summed E-state index contributed by atoms with van der Waals surface area (Å²) in [4.78, 5) is 51.6. The molecule has 2 saturated heterocycles. The number of aliphatic hydroxyl groups is 1. The standard InChI is InChI=1S/C37H40O12S/c1-22(2)45-36-27(39)19-30(28(46-36)20-43-23(3)38)50-37-32(49-35(42)26-17-11-6-12-18-26)31(48-34(41)25-15-9-5-10-16-25)29(47-37)21-44-33(40)24-13-7-4-8-14-24/h4-18,22,27-32,36-37,39H,19-21H2,1-3H3/t27-,28-,29-,30-,31-,32-,36+,37+/m1/s1. The Morgan fingerprint density at radius 2 is 1.22 bits per heavy atom. The van der Waals surface area contributed by atoms with Crippen LogP contribution in [0, 0.1) is 0 Å². The number of carbonyl (C=O) groups is 4. The summed E-state index contributed by atoms with van der Waals surface area (Å²) in [5, 5.41) is 10.4. The fraction of sp³-hybridized carbons (Fsp3) is 0.405. The predicted octanol–water partition coefficient (Wildman–Crippen LogP) is 4.59. The lowest BCUT2D eigenvalue weighted by atomic mass is 10.1. The van der Waals surface area contributed by atoms with E-state index in [4.69, 9.17) is 33.2 Å². The highest BCUT2D eigenvalue weighted by Gasteiger charge is 2.53. The molecule has 5 rings (SSSR count). The fourth-order valence-electron chi connectivity index (χ4n) is 5.45. The van der Waals surface area contributed by atoms with Gasteiger partial charge in [-0.05, 0) is 56.7 Å². The number of rotatable bonds is 13. The van der Waals surface area contributed by atoms with E-state index >= 15 is 0 Å². The Bertz CT molecular complexity index is 1570. The van der Waals surface area contributed by atoms with Crippen LogP contribution in [0.5, 0.6) is 0 Å². The molecule has 2 fully saturated rings. The van der Waals surface area contributed by atoms with Crippen LogP contribution in [0.15, 0.2) is 91.0 Å². The Kier molecular flexibility index (Phi) is 13.0. The van der Waals surface area contributed by atoms with Gasteiger partial charge in [-0.2, -0.15) is 0 Å². The number of hydrogen-bond donors (Lipinski definition) is 1. The van der Waals surface area contributed by atoms with Crippen molar-refractivity contribution in [2.75, 3.05) is 13.2 Å². The second-order valence-electron chi connectivity index (χ2n) is 12.0. The van der Waals surface area contributed by atoms with E-state index in [1.54, 1.807) is 105 Å². The van der Waals surface area contributed by atoms with Crippen LogP contribution in [0.1, 0.15) is 58.3 Å². The van der Waals surface area contributed by atoms with E-state index in [0.717, 1.165) is 11.8 Å². The van der Waals surface area contributed by atoms with Crippen molar-refractivity contribution in [2.24, 2.45) is 0 Å². The van der Waals surface area contributed by atoms with Gasteiger partial charge in [-0.1, -0.05) is 54.6 Å². The fourth-order valence-corrected chi connectivity index (χ4v) is 7.00. The Hall–Kier alpha value is -4.27. The molecule has 0 aliphatic carbocycles. The van der Waals surface area contributed by atoms with E-state index in [1.807, 2.05) is 0 Å². The molecule has 50 heavy (non-hydrogen) atoms. The second kappa shape index (κ2) is 17.6. The summed E-state index contributed by atoms with van der Waals surface area (Å²) in [7, 11) is 0. The van der Waals surface area contributed by atoms with Gasteiger partial charge in [0.2, 0.25) is 0 Å². The van der Waals surface area contributed by atoms with E-state index in [0.29, 0.717) is 5.56 Å². The molecule has 0 saturated carbocycles. The predicted molar refractivity (Wildman–Crippen MR) is 180 cm³/mol. The van der Waals surface area contributed by atoms with Gasteiger partial charge < -0.3 is 38.3 Å². The van der Waals surface area contributed by atoms with Crippen molar-refractivity contribution in [2.45, 2.75) is 80.8 Å². The summed E-state index contributed by atoms with van der Waals surface area (Å²) in [6, 6.07) is 24.9. The number of thioether (sulfide) groups is 1. The van der Waals surface area contributed by atoms with Gasteiger partial charge in [0.1, 0.15) is 37.0 Å². The average Bonchev–Trinajstić information content (AvgIpc) is 3.42. The SMILES string of the molecule is CC(=O)OC[C@H]1O[C@H](OC(C)C)[C@H](O)C[C@H]1S[C@@H]1O[C@H](COC(=O)c2ccccc2)[C@@H](OC(=O)c2ccccc2)[C@H]1OC(=O)c1ccccc1. The molecule has 0 aromatic heterocycles. The highest BCUT2D eigenvalue weighted by Crippen LogP contribution is 2.41. The first-order chi connectivity index (χ1) is 24.1. The smallest absolute Gasteiger partial charge is 0.338 e. The van der Waals surface area contributed by atoms with Crippen LogP contribution >= 0.6 is 11.8 Å². The van der Waals surface area contributed by atoms with Gasteiger partial charge in [0.25, 0.3) is 0 Å². The molecule has 0 amide bonds. The molecule has 2 heterocycles. The lowest BCUT2D eigenvalue weighted by Gasteiger charge is -2.40. The third-order valence-corrected chi connectivity index (χ3v) is 9.33. The molecule has 0 spiro atoms. The number of benzene rings is 3. The summed E-state index contributed by atoms with van der Waals surface area (Å²) in [6.45, 7) is 4.38. The molecule has 0 bridgehead atoms. The van der Waals surface area contributed by atoms with Crippen LogP contribution in [0.4, 0.5) is 0 Å². The maximum atomic E-state index is 13.5. The zero-order chi connectivity index (χ0) is 35.6. The van der Waals surface area contributed by atoms with E-state index in [9.17, 15) is 24.3 Å². The van der Waals surface area contributed by atoms with Crippen molar-refractivity contribution in [3.8, 4) is 0 Å². The maximum Gasteiger partial charge on any atom is 0.338 e. The number of aliphatic hydroxyl groups excluding tert-OH is 1. The van der Waals surface area contributed by atoms with Crippen molar-refractivity contribution in [1.29, 1.82) is 0 Å². The van der Waals surface area contributed by atoms with Gasteiger partial charge in [-0.3, -0.25) is 4.79 Å². The average molecular weight is 709 g/mol. The zero-order valence-corrected chi connectivity index (χ0v) is 28.6. The monoisotopic (exact) mass is 708 g/mol. The molecule has 2 aliphatic heterocycles. The van der Waals surface area contributed by atoms with Gasteiger partial charge in [-0.25, -0.2) is 14.4 Å². The van der Waals surface area contributed by atoms with Crippen LogP contribution < -0.4 is 0 Å². The van der Waals surface area contributed by atoms with Gasteiger partial charge in [0.05, 0.1) is 22.8 Å². The molecule has 13 heteroatoms. The number of ether oxygens (including phenoxy) is 7. The minimum Gasteiger partial charge on any atom is -0.463 e. The number of carbonyl (C=O) groups excluding carboxylic acids is 4. The van der Waals surface area contributed by atoms with Crippen molar-refractivity contribution < 1.29 is 57.4 Å². The maximum absolute atomic E-state index is 13.5. The van der Waals surface area contributed by atoms with Crippen LogP contribution in [-0.2, 0) is 38.0 Å². The first-order valence-electron chi connectivity index (χ1n) is 16.3. The second-order valence-corrected chi connectivity index (χ2v) is 13.3. The van der Waals surface area contributed by atoms with Crippen LogP contribution in [0.25, 0.3) is 0 Å². The topological polar surface area (TPSA) is 153 Å². The molecule has 3 aromatic carbocycles. The van der Waals surface area contributed by atoms with Crippen LogP contribution in [0.2, 0.25) is 0 Å². The van der Waals surface area contributed by atoms with Crippen LogP contribution in [0.3, 0.4) is 0 Å². The van der Waals surface area contributed by atoms with Gasteiger partial charge in [0.15, 0.2) is 18.5 Å². The van der Waals surface area contributed by atoms with Crippen molar-refractivity contribution in [1.82, 2.24) is 0 Å². The minimum absolute atomic E-state index is 0.134. The normalized spacial score (nSPS) is 26.2. The Morgan fingerprint density at radius 3 is 1.74 bits per heavy atom. The molecular formula is C37H40O12S. The number of esters is 4. The molecule has 8 atom stereocenters. The Labute approximate surface area is 294 Å². The van der Waals surface area contributed by atoms with Gasteiger partial charge >= 0.3 is 23.9 Å². The van der Waals surface area contributed by atoms with E-state index in [-0.39, 0.29) is 36.9 Å². The van der Waals surface area contributed by atoms with Crippen molar-refractivity contribution >= 4 is 35.6 Å². The lowest BCUT2D eigenvalue weighted by molar-refractivity contribution is -0.255. The first-order valence-corrected chi connectivity index (χ1v) is 17.2. The Balaban J connectivity index is 1.45. The van der Waals surface area contributed by atoms with E-state index in [1.165, 1.54) is 6.92 Å². The molecule has 1 N–H and O–H groups in total. The molecular weight excluding hydrogens is 668 g/mol. The summed E-state index contributed by atoms with van der Waals surface area (Å²) in [5.74, 6) is -2.56. The molecule has 12 nitrogen and oxygen atoms in total. The summed E-state index contributed by atoms with van der Waals surface area (Å²) in [5.41, 5.74) is -0.208. The third kappa shape index (κ3) is 9.92. The number of hydrogen-bond acceptors (Lipinski definition) is 13. The van der Waals surface area contributed by atoms with Crippen molar-refractivity contribution in [3.05, 3.63) is 108 Å². The Morgan fingerprint density at radius 1 is 0.720 bits per heavy atom. The first kappa shape index (κ1) is 37.0. The highest BCUT2D eigenvalue weighted by molar-refractivity contribution is 8.00. The third-order valence-electron chi connectivity index (χ3n) is 7.84. The lowest BCUT2D eigenvalue weighted by Crippen LogP contribution is -2.50. The van der Waals surface area contributed by atoms with E-state index in [2.05, 4.69) is 0 Å². The summed E-state index contributed by atoms with van der Waals surface area (Å²) >= 11 is 1.16. The van der Waals surface area contributed by atoms with Crippen molar-refractivity contribution in [3.63, 3.8) is 0 Å². The summed E-state index contributed by atoms with van der Waals surface area (Å²) < 4.78 is 41.2. The highest BCUT2D eigenvalue weighted by atomic mass is 32.2. The van der Waals surface area contributed by atoms with E-state index < -0.39 is 71.4 Å². The van der Waals surface area contributed by atoms with Crippen LogP contribution in [-0.4, -0.2) is 95.8 Å². The summed E-state index contributed by atoms with van der Waals surface area (Å²) in [6.07, 6.45) is -6.42. The quantitative estimate of drug-likeness (QED) is 0.195. The molecule has 0 unspecified atom stereocenters. The molecule has 2 aliphatic rings. The molecule has 3 aromatic rings.